The van der Waals surface area contributed by atoms with Crippen molar-refractivity contribution in [1.82, 2.24) is 4.90 Å². The van der Waals surface area contributed by atoms with E-state index in [0.717, 1.165) is 0 Å². The highest BCUT2D eigenvalue weighted by Gasteiger charge is 2.48. The molecule has 0 spiro atoms. The summed E-state index contributed by atoms with van der Waals surface area (Å²) in [5, 5.41) is 19.9. The van der Waals surface area contributed by atoms with Gasteiger partial charge in [-0.2, -0.15) is 0 Å². The summed E-state index contributed by atoms with van der Waals surface area (Å²) in [6.45, 7) is 3.58. The molecule has 1 saturated heterocycles. The van der Waals surface area contributed by atoms with Crippen molar-refractivity contribution in [3.63, 3.8) is 0 Å². The molecule has 0 aliphatic carbocycles. The monoisotopic (exact) mass is 323 g/mol. The molecule has 5 nitrogen and oxygen atoms in total. The summed E-state index contributed by atoms with van der Waals surface area (Å²) < 4.78 is 13.6. The molecule has 0 radical (unpaired) electrons. The second-order valence-electron chi connectivity index (χ2n) is 6.14. The van der Waals surface area contributed by atoms with Gasteiger partial charge in [0.05, 0.1) is 11.5 Å². The van der Waals surface area contributed by atoms with E-state index in [4.69, 9.17) is 0 Å². The number of hydrogen-bond donors (Lipinski definition) is 2. The van der Waals surface area contributed by atoms with Crippen LogP contribution in [0.15, 0.2) is 18.2 Å². The molecule has 2 N–H and O–H groups in total. The van der Waals surface area contributed by atoms with E-state index in [-0.39, 0.29) is 36.5 Å². The van der Waals surface area contributed by atoms with Gasteiger partial charge in [0.2, 0.25) is 0 Å². The smallest absolute Gasteiger partial charge is 0.312 e. The number of benzene rings is 1. The molecule has 23 heavy (non-hydrogen) atoms. The Labute approximate surface area is 134 Å². The Morgan fingerprint density at radius 3 is 2.70 bits per heavy atom. The molecule has 0 aromatic heterocycles. The summed E-state index contributed by atoms with van der Waals surface area (Å²) >= 11 is 0. The Morgan fingerprint density at radius 2 is 2.13 bits per heavy atom. The first-order valence-corrected chi connectivity index (χ1v) is 7.79. The van der Waals surface area contributed by atoms with Gasteiger partial charge in [-0.25, -0.2) is 4.39 Å². The molecule has 0 unspecified atom stereocenters. The minimum atomic E-state index is -1.21. The summed E-state index contributed by atoms with van der Waals surface area (Å²) in [5.41, 5.74) is -0.700. The number of carboxylic acids is 1. The van der Waals surface area contributed by atoms with Crippen molar-refractivity contribution in [1.29, 1.82) is 0 Å². The van der Waals surface area contributed by atoms with Crippen LogP contribution in [-0.4, -0.2) is 46.2 Å². The fourth-order valence-corrected chi connectivity index (χ4v) is 3.26. The lowest BCUT2D eigenvalue weighted by atomic mass is 9.72. The summed E-state index contributed by atoms with van der Waals surface area (Å²) in [4.78, 5) is 25.6. The number of carbonyl (C=O) groups excluding carboxylic acids is 1. The molecule has 2 rings (SSSR count). The minimum Gasteiger partial charge on any atom is -0.481 e. The topological polar surface area (TPSA) is 77.8 Å². The summed E-state index contributed by atoms with van der Waals surface area (Å²) in [6, 6.07) is 4.29. The van der Waals surface area contributed by atoms with Gasteiger partial charge in [0.25, 0.3) is 5.91 Å². The number of amides is 1. The van der Waals surface area contributed by atoms with Crippen LogP contribution in [0.5, 0.6) is 0 Å². The maximum absolute atomic E-state index is 13.6. The number of halogens is 1. The molecule has 1 fully saturated rings. The number of likely N-dealkylation sites (tertiary alicyclic amines) is 1. The standard InChI is InChI=1S/C17H22FNO4/c1-3-7-17(16(22)23)8-9-19(10-14(17)20)15(21)12-5-4-6-13(18)11(12)2/h4-6,14,20H,3,7-10H2,1-2H3,(H,22,23)/t14-,17-/m0/s1. The molecular weight excluding hydrogens is 301 g/mol. The predicted octanol–water partition coefficient (Wildman–Crippen LogP) is 2.21. The van der Waals surface area contributed by atoms with E-state index in [1.807, 2.05) is 6.92 Å². The lowest BCUT2D eigenvalue weighted by Crippen LogP contribution is -2.56. The lowest BCUT2D eigenvalue weighted by Gasteiger charge is -2.42. The van der Waals surface area contributed by atoms with Crippen LogP contribution in [0.2, 0.25) is 0 Å². The van der Waals surface area contributed by atoms with Crippen LogP contribution in [0, 0.1) is 18.2 Å². The fraction of sp³-hybridized carbons (Fsp3) is 0.529. The highest BCUT2D eigenvalue weighted by atomic mass is 19.1. The van der Waals surface area contributed by atoms with Gasteiger partial charge >= 0.3 is 5.97 Å². The van der Waals surface area contributed by atoms with Crippen LogP contribution in [0.4, 0.5) is 4.39 Å². The number of aliphatic hydroxyl groups is 1. The molecule has 1 amide bonds. The number of aliphatic hydroxyl groups excluding tert-OH is 1. The summed E-state index contributed by atoms with van der Waals surface area (Å²) in [6.07, 6.45) is 0.0638. The fourth-order valence-electron chi connectivity index (χ4n) is 3.26. The number of aliphatic carboxylic acids is 1. The van der Waals surface area contributed by atoms with Crippen LogP contribution < -0.4 is 0 Å². The van der Waals surface area contributed by atoms with Gasteiger partial charge in [0.15, 0.2) is 0 Å². The highest BCUT2D eigenvalue weighted by molar-refractivity contribution is 5.96. The third-order valence-corrected chi connectivity index (χ3v) is 4.77. The van der Waals surface area contributed by atoms with Crippen molar-refractivity contribution < 1.29 is 24.2 Å². The highest BCUT2D eigenvalue weighted by Crippen LogP contribution is 2.37. The Hall–Kier alpha value is -1.95. The van der Waals surface area contributed by atoms with E-state index in [2.05, 4.69) is 0 Å². The van der Waals surface area contributed by atoms with Gasteiger partial charge in [0.1, 0.15) is 5.82 Å². The molecule has 6 heteroatoms. The average molecular weight is 323 g/mol. The van der Waals surface area contributed by atoms with Gasteiger partial charge in [-0.1, -0.05) is 19.4 Å². The van der Waals surface area contributed by atoms with Crippen molar-refractivity contribution in [3.05, 3.63) is 35.1 Å². The Morgan fingerprint density at radius 1 is 1.43 bits per heavy atom. The Kier molecular flexibility index (Phi) is 5.04. The van der Waals surface area contributed by atoms with Crippen molar-refractivity contribution in [3.8, 4) is 0 Å². The minimum absolute atomic E-state index is 0.0545. The normalized spacial score (nSPS) is 24.5. The molecule has 1 aromatic carbocycles. The average Bonchev–Trinajstić information content (AvgIpc) is 2.51. The van der Waals surface area contributed by atoms with E-state index in [1.165, 1.54) is 30.0 Å². The molecule has 0 bridgehead atoms. The van der Waals surface area contributed by atoms with Crippen molar-refractivity contribution in [2.24, 2.45) is 5.41 Å². The molecule has 1 aromatic rings. The maximum Gasteiger partial charge on any atom is 0.312 e. The number of carbonyl (C=O) groups is 2. The molecule has 0 saturated carbocycles. The third-order valence-electron chi connectivity index (χ3n) is 4.77. The largest absolute Gasteiger partial charge is 0.481 e. The SMILES string of the molecule is CCC[C@]1(C(=O)O)CCN(C(=O)c2cccc(F)c2C)C[C@@H]1O. The zero-order chi connectivity index (χ0) is 17.2. The quantitative estimate of drug-likeness (QED) is 0.890. The summed E-state index contributed by atoms with van der Waals surface area (Å²) in [7, 11) is 0. The van der Waals surface area contributed by atoms with E-state index in [9.17, 15) is 24.2 Å². The van der Waals surface area contributed by atoms with E-state index >= 15 is 0 Å². The molecular formula is C17H22FNO4. The van der Waals surface area contributed by atoms with Gasteiger partial charge < -0.3 is 15.1 Å². The molecule has 2 atom stereocenters. The molecule has 126 valence electrons. The number of carboxylic acid groups (broad SMARTS) is 1. The Balaban J connectivity index is 2.21. The van der Waals surface area contributed by atoms with Crippen molar-refractivity contribution in [2.45, 2.75) is 39.2 Å². The van der Waals surface area contributed by atoms with Crippen LogP contribution >= 0.6 is 0 Å². The van der Waals surface area contributed by atoms with Gasteiger partial charge in [0, 0.05) is 18.7 Å². The van der Waals surface area contributed by atoms with Crippen LogP contribution in [0.25, 0.3) is 0 Å². The first kappa shape index (κ1) is 17.4. The van der Waals surface area contributed by atoms with E-state index in [0.29, 0.717) is 12.8 Å². The van der Waals surface area contributed by atoms with Crippen molar-refractivity contribution >= 4 is 11.9 Å². The first-order chi connectivity index (χ1) is 10.8. The number of nitrogens with zero attached hydrogens (tertiary/aromatic N) is 1. The van der Waals surface area contributed by atoms with Crippen molar-refractivity contribution in [2.75, 3.05) is 13.1 Å². The van der Waals surface area contributed by atoms with Crippen LogP contribution in [0.1, 0.15) is 42.1 Å². The maximum atomic E-state index is 13.6. The van der Waals surface area contributed by atoms with Gasteiger partial charge in [-0.3, -0.25) is 9.59 Å². The second kappa shape index (κ2) is 6.66. The number of hydrogen-bond acceptors (Lipinski definition) is 3. The number of β-amino-alcohol motifs (C(OH)–C–C–N with tert-alkyl or cyclic N) is 1. The third kappa shape index (κ3) is 3.08. The summed E-state index contributed by atoms with van der Waals surface area (Å²) in [5.74, 6) is -1.86. The van der Waals surface area contributed by atoms with Gasteiger partial charge in [-0.05, 0) is 37.5 Å². The molecule has 1 aliphatic rings. The van der Waals surface area contributed by atoms with Crippen LogP contribution in [-0.2, 0) is 4.79 Å². The van der Waals surface area contributed by atoms with Gasteiger partial charge in [-0.15, -0.1) is 0 Å². The first-order valence-electron chi connectivity index (χ1n) is 7.79. The second-order valence-corrected chi connectivity index (χ2v) is 6.14. The molecule has 1 heterocycles. The number of piperidine rings is 1. The zero-order valence-corrected chi connectivity index (χ0v) is 13.4. The van der Waals surface area contributed by atoms with E-state index in [1.54, 1.807) is 0 Å². The van der Waals surface area contributed by atoms with Crippen LogP contribution in [0.3, 0.4) is 0 Å². The Bertz CT molecular complexity index is 619. The number of rotatable bonds is 4. The van der Waals surface area contributed by atoms with E-state index < -0.39 is 23.3 Å². The lowest BCUT2D eigenvalue weighted by molar-refractivity contribution is -0.162. The predicted molar refractivity (Wildman–Crippen MR) is 82.6 cm³/mol. The molecule has 1 aliphatic heterocycles. The zero-order valence-electron chi connectivity index (χ0n) is 13.4.